The predicted octanol–water partition coefficient (Wildman–Crippen LogP) is 5.05. The van der Waals surface area contributed by atoms with Gasteiger partial charge < -0.3 is 29.3 Å². The van der Waals surface area contributed by atoms with Gasteiger partial charge in [-0.2, -0.15) is 0 Å². The molecule has 1 unspecified atom stereocenters. The van der Waals surface area contributed by atoms with Crippen molar-refractivity contribution < 1.29 is 34.0 Å². The number of carboxylic acid groups (broad SMARTS) is 2. The molecule has 1 aliphatic heterocycles. The summed E-state index contributed by atoms with van der Waals surface area (Å²) in [4.78, 5) is 27.1. The van der Waals surface area contributed by atoms with Crippen LogP contribution >= 0.6 is 11.6 Å². The zero-order chi connectivity index (χ0) is 26.9. The maximum atomic E-state index is 12.8. The molecule has 0 aromatic heterocycles. The highest BCUT2D eigenvalue weighted by Crippen LogP contribution is 2.44. The van der Waals surface area contributed by atoms with Crippen molar-refractivity contribution in [3.05, 3.63) is 93.3 Å². The van der Waals surface area contributed by atoms with Gasteiger partial charge in [0.05, 0.1) is 36.0 Å². The molecular weight excluding hydrogens is 498 g/mol. The summed E-state index contributed by atoms with van der Waals surface area (Å²) < 4.78 is 17.0. The molecule has 0 radical (unpaired) electrons. The molecule has 2 N–H and O–H groups in total. The zero-order valence-electron chi connectivity index (χ0n) is 21.1. The first kappa shape index (κ1) is 28.4. The highest BCUT2D eigenvalue weighted by Gasteiger charge is 2.41. The van der Waals surface area contributed by atoms with E-state index >= 15 is 0 Å². The number of halogens is 1. The fraction of sp³-hybridized carbons (Fsp3) is 0.357. The van der Waals surface area contributed by atoms with Gasteiger partial charge in [-0.25, -0.2) is 9.59 Å². The number of hydrogen-bond acceptors (Lipinski definition) is 6. The Bertz CT molecular complexity index is 1160. The van der Waals surface area contributed by atoms with Crippen LogP contribution in [0.25, 0.3) is 0 Å². The first-order chi connectivity index (χ1) is 17.8. The molecule has 0 saturated carbocycles. The Balaban J connectivity index is 2.14. The van der Waals surface area contributed by atoms with Crippen LogP contribution in [0.15, 0.2) is 77.1 Å². The maximum Gasteiger partial charge on any atom is 0.334 e. The minimum atomic E-state index is -1.25. The molecule has 2 aromatic carbocycles. The van der Waals surface area contributed by atoms with Crippen molar-refractivity contribution in [3.63, 3.8) is 0 Å². The van der Waals surface area contributed by atoms with Gasteiger partial charge >= 0.3 is 11.9 Å². The van der Waals surface area contributed by atoms with Gasteiger partial charge in [-0.15, -0.1) is 0 Å². The van der Waals surface area contributed by atoms with E-state index in [4.69, 9.17) is 25.8 Å². The van der Waals surface area contributed by atoms with Crippen LogP contribution < -0.4 is 0 Å². The van der Waals surface area contributed by atoms with Gasteiger partial charge in [0.25, 0.3) is 0 Å². The Morgan fingerprint density at radius 3 is 2.11 bits per heavy atom. The number of nitrogens with zero attached hydrogens (tertiary/aromatic N) is 1. The average molecular weight is 530 g/mol. The SMILES string of the molecule is CCOC(COCC1=C(C(=O)O)C(c2ccccc2Cl)C(C(=O)O)=C(C)N1Cc1ccccc1)OCC. The monoisotopic (exact) mass is 529 g/mol. The minimum absolute atomic E-state index is 0.0494. The molecule has 1 atom stereocenters. The number of rotatable bonds is 13. The van der Waals surface area contributed by atoms with Crippen molar-refractivity contribution >= 4 is 23.5 Å². The van der Waals surface area contributed by atoms with Gasteiger partial charge in [-0.05, 0) is 38.0 Å². The van der Waals surface area contributed by atoms with Crippen molar-refractivity contribution in [1.29, 1.82) is 0 Å². The fourth-order valence-electron chi connectivity index (χ4n) is 4.46. The lowest BCUT2D eigenvalue weighted by molar-refractivity contribution is -0.166. The molecule has 198 valence electrons. The summed E-state index contributed by atoms with van der Waals surface area (Å²) in [5.41, 5.74) is 1.89. The van der Waals surface area contributed by atoms with Crippen LogP contribution in [0.3, 0.4) is 0 Å². The summed E-state index contributed by atoms with van der Waals surface area (Å²) in [6.45, 7) is 6.45. The van der Waals surface area contributed by atoms with Gasteiger partial charge in [0.1, 0.15) is 0 Å². The van der Waals surface area contributed by atoms with Crippen LogP contribution in [0.4, 0.5) is 0 Å². The topological polar surface area (TPSA) is 106 Å². The van der Waals surface area contributed by atoms with E-state index in [-0.39, 0.29) is 35.9 Å². The number of hydrogen-bond donors (Lipinski definition) is 2. The Morgan fingerprint density at radius 1 is 0.946 bits per heavy atom. The van der Waals surface area contributed by atoms with E-state index in [2.05, 4.69) is 0 Å². The fourth-order valence-corrected chi connectivity index (χ4v) is 4.71. The maximum absolute atomic E-state index is 12.8. The lowest BCUT2D eigenvalue weighted by Gasteiger charge is -2.38. The second-order valence-electron chi connectivity index (χ2n) is 8.35. The summed E-state index contributed by atoms with van der Waals surface area (Å²) in [7, 11) is 0. The summed E-state index contributed by atoms with van der Waals surface area (Å²) >= 11 is 6.47. The van der Waals surface area contributed by atoms with E-state index < -0.39 is 24.1 Å². The van der Waals surface area contributed by atoms with Gasteiger partial charge in [0.2, 0.25) is 0 Å². The summed E-state index contributed by atoms with van der Waals surface area (Å²) in [6.07, 6.45) is -0.611. The molecule has 0 saturated heterocycles. The average Bonchev–Trinajstić information content (AvgIpc) is 2.86. The number of allylic oxidation sites excluding steroid dienone is 1. The molecule has 9 heteroatoms. The van der Waals surface area contributed by atoms with Crippen molar-refractivity contribution in [3.8, 4) is 0 Å². The quantitative estimate of drug-likeness (QED) is 0.347. The van der Waals surface area contributed by atoms with Crippen molar-refractivity contribution in [2.45, 2.75) is 39.5 Å². The number of ether oxygens (including phenoxy) is 3. The molecule has 2 aromatic rings. The van der Waals surface area contributed by atoms with Gasteiger partial charge in [-0.3, -0.25) is 0 Å². The lowest BCUT2D eigenvalue weighted by Crippen LogP contribution is -2.37. The normalized spacial score (nSPS) is 16.0. The Labute approximate surface area is 221 Å². The zero-order valence-corrected chi connectivity index (χ0v) is 21.9. The smallest absolute Gasteiger partial charge is 0.334 e. The summed E-state index contributed by atoms with van der Waals surface area (Å²) in [6, 6.07) is 16.1. The molecule has 1 heterocycles. The first-order valence-corrected chi connectivity index (χ1v) is 12.4. The molecule has 8 nitrogen and oxygen atoms in total. The summed E-state index contributed by atoms with van der Waals surface area (Å²) in [5.74, 6) is -3.56. The number of carboxylic acids is 2. The molecule has 1 aliphatic rings. The predicted molar refractivity (Wildman–Crippen MR) is 139 cm³/mol. The summed E-state index contributed by atoms with van der Waals surface area (Å²) in [5, 5.41) is 21.0. The van der Waals surface area contributed by atoms with Crippen LogP contribution in [0, 0.1) is 0 Å². The molecule has 3 rings (SSSR count). The number of benzene rings is 2. The standard InChI is InChI=1S/C28H32ClNO7/c1-4-36-23(37-5-2)17-35-16-22-26(28(33)34)25(20-13-9-10-14-21(20)29)24(27(31)32)18(3)30(22)15-19-11-7-6-8-12-19/h6-14,23,25H,4-5,15-17H2,1-3H3,(H,31,32)(H,33,34). The van der Waals surface area contributed by atoms with Crippen LogP contribution in [0.1, 0.15) is 37.8 Å². The van der Waals surface area contributed by atoms with Crippen LogP contribution in [0.2, 0.25) is 5.02 Å². The van der Waals surface area contributed by atoms with Crippen molar-refractivity contribution in [1.82, 2.24) is 4.90 Å². The second kappa shape index (κ2) is 13.4. The Morgan fingerprint density at radius 2 is 1.54 bits per heavy atom. The Kier molecular flexibility index (Phi) is 10.3. The molecular formula is C28H32ClNO7. The molecule has 0 spiro atoms. The Hall–Kier alpha value is -3.17. The van der Waals surface area contributed by atoms with E-state index in [1.54, 1.807) is 36.1 Å². The van der Waals surface area contributed by atoms with Gasteiger partial charge in [0.15, 0.2) is 6.29 Å². The third-order valence-electron chi connectivity index (χ3n) is 6.07. The van der Waals surface area contributed by atoms with Gasteiger partial charge in [0, 0.05) is 30.5 Å². The third-order valence-corrected chi connectivity index (χ3v) is 6.41. The van der Waals surface area contributed by atoms with E-state index in [1.807, 2.05) is 44.2 Å². The number of carbonyl (C=O) groups is 2. The van der Waals surface area contributed by atoms with E-state index in [1.165, 1.54) is 0 Å². The molecule has 0 aliphatic carbocycles. The van der Waals surface area contributed by atoms with E-state index in [9.17, 15) is 19.8 Å². The molecule has 37 heavy (non-hydrogen) atoms. The highest BCUT2D eigenvalue weighted by molar-refractivity contribution is 6.31. The van der Waals surface area contributed by atoms with Crippen molar-refractivity contribution in [2.24, 2.45) is 0 Å². The van der Waals surface area contributed by atoms with E-state index in [0.29, 0.717) is 30.2 Å². The third kappa shape index (κ3) is 6.78. The van der Waals surface area contributed by atoms with E-state index in [0.717, 1.165) is 5.56 Å². The lowest BCUT2D eigenvalue weighted by atomic mass is 9.79. The molecule has 0 amide bonds. The van der Waals surface area contributed by atoms with Gasteiger partial charge in [-0.1, -0.05) is 60.1 Å². The van der Waals surface area contributed by atoms with Crippen LogP contribution in [0.5, 0.6) is 0 Å². The largest absolute Gasteiger partial charge is 0.478 e. The molecule has 0 fully saturated rings. The minimum Gasteiger partial charge on any atom is -0.478 e. The highest BCUT2D eigenvalue weighted by atomic mass is 35.5. The first-order valence-electron chi connectivity index (χ1n) is 12.1. The van der Waals surface area contributed by atoms with Crippen molar-refractivity contribution in [2.75, 3.05) is 26.4 Å². The number of aliphatic carboxylic acids is 2. The van der Waals surface area contributed by atoms with Crippen LogP contribution in [-0.2, 0) is 30.3 Å². The molecule has 0 bridgehead atoms. The second-order valence-corrected chi connectivity index (χ2v) is 8.76. The van der Waals surface area contributed by atoms with Crippen LogP contribution in [-0.4, -0.2) is 59.8 Å².